The average Bonchev–Trinajstić information content (AvgIpc) is 2.49. The minimum Gasteiger partial charge on any atom is -0.319 e. The lowest BCUT2D eigenvalue weighted by molar-refractivity contribution is 0.126. The van der Waals surface area contributed by atoms with E-state index in [9.17, 15) is 8.42 Å². The summed E-state index contributed by atoms with van der Waals surface area (Å²) in [4.78, 5) is 3.04. The maximum atomic E-state index is 12.2. The molecule has 2 heterocycles. The van der Waals surface area contributed by atoms with E-state index in [1.54, 1.807) is 6.07 Å². The number of fused-ring (bicyclic) bond motifs is 1. The van der Waals surface area contributed by atoms with Gasteiger partial charge in [0.05, 0.1) is 10.6 Å². The van der Waals surface area contributed by atoms with Crippen LogP contribution in [0, 0.1) is 5.92 Å². The number of benzene rings is 1. The lowest BCUT2D eigenvalue weighted by Crippen LogP contribution is -2.41. The summed E-state index contributed by atoms with van der Waals surface area (Å²) in [6, 6.07) is 7.83. The first kappa shape index (κ1) is 15.0. The number of rotatable bonds is 3. The van der Waals surface area contributed by atoms with Crippen molar-refractivity contribution in [1.82, 2.24) is 10.2 Å². The molecule has 1 atom stereocenters. The van der Waals surface area contributed by atoms with Crippen molar-refractivity contribution in [3.05, 3.63) is 29.8 Å². The van der Waals surface area contributed by atoms with Gasteiger partial charge in [-0.3, -0.25) is 4.90 Å². The number of hydrogen-bond donors (Lipinski definition) is 1. The van der Waals surface area contributed by atoms with Crippen LogP contribution in [0.1, 0.15) is 30.9 Å². The van der Waals surface area contributed by atoms with E-state index in [1.807, 2.05) is 25.2 Å². The van der Waals surface area contributed by atoms with Gasteiger partial charge in [0.25, 0.3) is 0 Å². The molecule has 4 nitrogen and oxygen atoms in total. The maximum Gasteiger partial charge on any atom is 0.178 e. The molecule has 2 aliphatic heterocycles. The molecule has 116 valence electrons. The predicted molar refractivity (Wildman–Crippen MR) is 84.1 cm³/mol. The quantitative estimate of drug-likeness (QED) is 0.925. The second-order valence-corrected chi connectivity index (χ2v) is 8.28. The van der Waals surface area contributed by atoms with E-state index >= 15 is 0 Å². The molecule has 0 amide bonds. The smallest absolute Gasteiger partial charge is 0.178 e. The number of nitrogens with zero attached hydrogens (tertiary/aromatic N) is 1. The molecular weight excluding hydrogens is 284 g/mol. The summed E-state index contributed by atoms with van der Waals surface area (Å²) >= 11 is 0. The Hall–Kier alpha value is -0.910. The van der Waals surface area contributed by atoms with Gasteiger partial charge < -0.3 is 5.32 Å². The van der Waals surface area contributed by atoms with Crippen molar-refractivity contribution >= 4 is 9.84 Å². The second kappa shape index (κ2) is 6.07. The molecule has 1 aromatic carbocycles. The molecule has 1 N–H and O–H groups in total. The van der Waals surface area contributed by atoms with Gasteiger partial charge in [-0.2, -0.15) is 0 Å². The van der Waals surface area contributed by atoms with Gasteiger partial charge in [-0.05, 0) is 63.5 Å². The summed E-state index contributed by atoms with van der Waals surface area (Å²) in [5, 5.41) is 3.26. The van der Waals surface area contributed by atoms with Crippen LogP contribution in [-0.4, -0.2) is 45.8 Å². The summed E-state index contributed by atoms with van der Waals surface area (Å²) in [6.07, 6.45) is 3.13. The number of sulfone groups is 1. The molecule has 1 fully saturated rings. The van der Waals surface area contributed by atoms with E-state index in [1.165, 1.54) is 12.8 Å². The molecule has 0 radical (unpaired) electrons. The highest BCUT2D eigenvalue weighted by atomic mass is 32.2. The van der Waals surface area contributed by atoms with Gasteiger partial charge in [0.15, 0.2) is 9.84 Å². The molecule has 0 aromatic heterocycles. The van der Waals surface area contributed by atoms with Gasteiger partial charge in [0.2, 0.25) is 0 Å². The Morgan fingerprint density at radius 3 is 2.62 bits per heavy atom. The van der Waals surface area contributed by atoms with E-state index in [-0.39, 0.29) is 11.8 Å². The Morgan fingerprint density at radius 1 is 1.19 bits per heavy atom. The fourth-order valence-corrected chi connectivity index (χ4v) is 5.31. The first-order valence-corrected chi connectivity index (χ1v) is 9.47. The topological polar surface area (TPSA) is 49.4 Å². The predicted octanol–water partition coefficient (Wildman–Crippen LogP) is 1.84. The monoisotopic (exact) mass is 308 g/mol. The average molecular weight is 308 g/mol. The van der Waals surface area contributed by atoms with E-state index in [0.29, 0.717) is 4.90 Å². The van der Waals surface area contributed by atoms with Crippen LogP contribution in [0.5, 0.6) is 0 Å². The van der Waals surface area contributed by atoms with Crippen molar-refractivity contribution < 1.29 is 8.42 Å². The number of piperidine rings is 1. The molecule has 1 unspecified atom stereocenters. The first-order chi connectivity index (χ1) is 10.1. The van der Waals surface area contributed by atoms with Crippen molar-refractivity contribution in [1.29, 1.82) is 0 Å². The van der Waals surface area contributed by atoms with Crippen LogP contribution in [-0.2, 0) is 9.84 Å². The molecule has 21 heavy (non-hydrogen) atoms. The molecule has 2 aliphatic rings. The zero-order chi connectivity index (χ0) is 14.9. The van der Waals surface area contributed by atoms with Crippen LogP contribution in [0.25, 0.3) is 0 Å². The van der Waals surface area contributed by atoms with Crippen molar-refractivity contribution in [3.8, 4) is 0 Å². The molecular formula is C16H24N2O2S. The molecule has 5 heteroatoms. The largest absolute Gasteiger partial charge is 0.319 e. The van der Waals surface area contributed by atoms with Gasteiger partial charge >= 0.3 is 0 Å². The fraction of sp³-hybridized carbons (Fsp3) is 0.625. The van der Waals surface area contributed by atoms with Crippen LogP contribution in [0.15, 0.2) is 29.2 Å². The molecule has 3 rings (SSSR count). The summed E-state index contributed by atoms with van der Waals surface area (Å²) in [7, 11) is -1.06. The minimum atomic E-state index is -3.07. The van der Waals surface area contributed by atoms with Crippen molar-refractivity contribution in [3.63, 3.8) is 0 Å². The van der Waals surface area contributed by atoms with Crippen LogP contribution in [0.2, 0.25) is 0 Å². The Balaban J connectivity index is 1.79. The fourth-order valence-electron chi connectivity index (χ4n) is 3.71. The SMILES string of the molecule is CNCC1CCN(C2CCS(=O)(=O)c3ccccc32)CC1. The third-order valence-electron chi connectivity index (χ3n) is 4.86. The molecule has 0 bridgehead atoms. The Morgan fingerprint density at radius 2 is 1.90 bits per heavy atom. The molecule has 0 aliphatic carbocycles. The van der Waals surface area contributed by atoms with Crippen LogP contribution in [0.4, 0.5) is 0 Å². The number of hydrogen-bond acceptors (Lipinski definition) is 4. The Kier molecular flexibility index (Phi) is 4.33. The zero-order valence-electron chi connectivity index (χ0n) is 12.6. The van der Waals surface area contributed by atoms with Gasteiger partial charge in [-0.1, -0.05) is 18.2 Å². The van der Waals surface area contributed by atoms with E-state index in [2.05, 4.69) is 10.2 Å². The highest BCUT2D eigenvalue weighted by molar-refractivity contribution is 7.91. The summed E-state index contributed by atoms with van der Waals surface area (Å²) in [6.45, 7) is 3.24. The minimum absolute atomic E-state index is 0.278. The number of likely N-dealkylation sites (tertiary alicyclic amines) is 1. The van der Waals surface area contributed by atoms with E-state index in [0.717, 1.165) is 37.5 Å². The third-order valence-corrected chi connectivity index (χ3v) is 6.67. The van der Waals surface area contributed by atoms with Gasteiger partial charge in [0.1, 0.15) is 0 Å². The lowest BCUT2D eigenvalue weighted by atomic mass is 9.93. The first-order valence-electron chi connectivity index (χ1n) is 7.82. The summed E-state index contributed by atoms with van der Waals surface area (Å²) in [5.41, 5.74) is 1.01. The highest BCUT2D eigenvalue weighted by Gasteiger charge is 2.34. The van der Waals surface area contributed by atoms with Crippen LogP contribution >= 0.6 is 0 Å². The Bertz CT molecular complexity index is 592. The Labute approximate surface area is 127 Å². The summed E-state index contributed by atoms with van der Waals surface area (Å²) in [5.74, 6) is 1.04. The van der Waals surface area contributed by atoms with Crippen molar-refractivity contribution in [2.24, 2.45) is 5.92 Å². The summed E-state index contributed by atoms with van der Waals surface area (Å²) < 4.78 is 24.4. The van der Waals surface area contributed by atoms with Gasteiger partial charge in [-0.25, -0.2) is 8.42 Å². The molecule has 1 saturated heterocycles. The van der Waals surface area contributed by atoms with Crippen molar-refractivity contribution in [2.45, 2.75) is 30.2 Å². The molecule has 1 aromatic rings. The van der Waals surface area contributed by atoms with Gasteiger partial charge in [0, 0.05) is 6.04 Å². The van der Waals surface area contributed by atoms with Crippen LogP contribution < -0.4 is 5.32 Å². The highest BCUT2D eigenvalue weighted by Crippen LogP contribution is 2.37. The van der Waals surface area contributed by atoms with Crippen molar-refractivity contribution in [2.75, 3.05) is 32.4 Å². The third kappa shape index (κ3) is 3.00. The zero-order valence-corrected chi connectivity index (χ0v) is 13.4. The van der Waals surface area contributed by atoms with Crippen LogP contribution in [0.3, 0.4) is 0 Å². The second-order valence-electron chi connectivity index (χ2n) is 6.20. The molecule has 0 spiro atoms. The normalized spacial score (nSPS) is 26.4. The number of nitrogens with one attached hydrogen (secondary N) is 1. The molecule has 0 saturated carbocycles. The van der Waals surface area contributed by atoms with E-state index in [4.69, 9.17) is 0 Å². The van der Waals surface area contributed by atoms with E-state index < -0.39 is 9.84 Å². The van der Waals surface area contributed by atoms with Gasteiger partial charge in [-0.15, -0.1) is 0 Å². The standard InChI is InChI=1S/C16H24N2O2S/c1-17-12-13-6-9-18(10-7-13)15-8-11-21(19,20)16-5-3-2-4-14(15)16/h2-5,13,15,17H,6-12H2,1H3. The lowest BCUT2D eigenvalue weighted by Gasteiger charge is -2.40. The maximum absolute atomic E-state index is 12.2.